The van der Waals surface area contributed by atoms with Crippen molar-refractivity contribution in [2.45, 2.75) is 6.92 Å². The first kappa shape index (κ1) is 19.8. The van der Waals surface area contributed by atoms with E-state index in [1.54, 1.807) is 41.3 Å². The van der Waals surface area contributed by atoms with Crippen LogP contribution in [0.3, 0.4) is 0 Å². The molecule has 3 rings (SSSR count). The molecule has 1 aliphatic heterocycles. The lowest BCUT2D eigenvalue weighted by Gasteiger charge is -2.34. The Morgan fingerprint density at radius 3 is 2.43 bits per heavy atom. The number of nitrogens with one attached hydrogen (secondary N) is 1. The van der Waals surface area contributed by atoms with E-state index in [9.17, 15) is 14.0 Å². The van der Waals surface area contributed by atoms with Crippen molar-refractivity contribution in [1.82, 2.24) is 9.80 Å². The first-order valence-electron chi connectivity index (χ1n) is 9.36. The highest BCUT2D eigenvalue weighted by molar-refractivity contribution is 5.97. The van der Waals surface area contributed by atoms with E-state index >= 15 is 0 Å². The lowest BCUT2D eigenvalue weighted by Crippen LogP contribution is -2.48. The van der Waals surface area contributed by atoms with Crippen molar-refractivity contribution in [1.29, 1.82) is 0 Å². The van der Waals surface area contributed by atoms with Gasteiger partial charge < -0.3 is 19.9 Å². The number of halogens is 1. The Labute approximate surface area is 163 Å². The molecule has 2 amide bonds. The number of carbonyl (C=O) groups excluding carboxylic acids is 2. The van der Waals surface area contributed by atoms with Gasteiger partial charge in [-0.2, -0.15) is 0 Å². The SMILES string of the molecule is CCN1CCN(C(=O)c2ccccc2OCC(=O)Nc2ccccc2F)CC1. The van der Waals surface area contributed by atoms with Crippen molar-refractivity contribution in [3.8, 4) is 5.75 Å². The van der Waals surface area contributed by atoms with Crippen molar-refractivity contribution in [2.24, 2.45) is 0 Å². The molecule has 1 heterocycles. The summed E-state index contributed by atoms with van der Waals surface area (Å²) in [4.78, 5) is 29.0. The number of hydrogen-bond acceptors (Lipinski definition) is 4. The number of carbonyl (C=O) groups is 2. The summed E-state index contributed by atoms with van der Waals surface area (Å²) < 4.78 is 19.2. The zero-order valence-corrected chi connectivity index (χ0v) is 15.9. The molecule has 2 aromatic carbocycles. The Morgan fingerprint density at radius 2 is 1.71 bits per heavy atom. The molecule has 1 aliphatic rings. The fourth-order valence-corrected chi connectivity index (χ4v) is 3.10. The molecule has 28 heavy (non-hydrogen) atoms. The van der Waals surface area contributed by atoms with Crippen LogP contribution in [-0.4, -0.2) is 60.9 Å². The van der Waals surface area contributed by atoms with Crippen molar-refractivity contribution in [2.75, 3.05) is 44.6 Å². The first-order chi connectivity index (χ1) is 13.6. The van der Waals surface area contributed by atoms with Gasteiger partial charge in [0, 0.05) is 26.2 Å². The Kier molecular flexibility index (Phi) is 6.60. The number of rotatable bonds is 6. The quantitative estimate of drug-likeness (QED) is 0.830. The number of hydrogen-bond donors (Lipinski definition) is 1. The van der Waals surface area contributed by atoms with E-state index in [1.807, 2.05) is 0 Å². The van der Waals surface area contributed by atoms with Gasteiger partial charge in [-0.3, -0.25) is 9.59 Å². The second kappa shape index (κ2) is 9.32. The molecule has 1 saturated heterocycles. The molecule has 2 aromatic rings. The molecule has 1 N–H and O–H groups in total. The average Bonchev–Trinajstić information content (AvgIpc) is 2.73. The number of benzene rings is 2. The molecule has 148 valence electrons. The molecule has 0 unspecified atom stereocenters. The number of piperazine rings is 1. The van der Waals surface area contributed by atoms with Crippen LogP contribution in [0.25, 0.3) is 0 Å². The van der Waals surface area contributed by atoms with Gasteiger partial charge in [-0.25, -0.2) is 4.39 Å². The van der Waals surface area contributed by atoms with Crippen molar-refractivity contribution in [3.63, 3.8) is 0 Å². The minimum atomic E-state index is -0.516. The highest BCUT2D eigenvalue weighted by Gasteiger charge is 2.23. The van der Waals surface area contributed by atoms with E-state index in [0.29, 0.717) is 24.4 Å². The summed E-state index contributed by atoms with van der Waals surface area (Å²) >= 11 is 0. The standard InChI is InChI=1S/C21H24FN3O3/c1-2-24-11-13-25(14-12-24)21(27)16-7-3-6-10-19(16)28-15-20(26)23-18-9-5-4-8-17(18)22/h3-10H,2,11-15H2,1H3,(H,23,26). The third kappa shape index (κ3) is 4.86. The van der Waals surface area contributed by atoms with Crippen LogP contribution in [0.2, 0.25) is 0 Å². The largest absolute Gasteiger partial charge is 0.483 e. The van der Waals surface area contributed by atoms with Gasteiger partial charge in [-0.1, -0.05) is 31.2 Å². The molecule has 0 radical (unpaired) electrons. The van der Waals surface area contributed by atoms with Gasteiger partial charge in [0.25, 0.3) is 11.8 Å². The van der Waals surface area contributed by atoms with Crippen molar-refractivity contribution >= 4 is 17.5 Å². The highest BCUT2D eigenvalue weighted by atomic mass is 19.1. The van der Waals surface area contributed by atoms with Crippen LogP contribution in [0.4, 0.5) is 10.1 Å². The molecule has 1 fully saturated rings. The molecule has 0 atom stereocenters. The monoisotopic (exact) mass is 385 g/mol. The van der Waals surface area contributed by atoms with E-state index in [1.165, 1.54) is 12.1 Å². The van der Waals surface area contributed by atoms with Gasteiger partial charge in [0.15, 0.2) is 6.61 Å². The minimum Gasteiger partial charge on any atom is -0.483 e. The molecule has 0 aliphatic carbocycles. The molecule has 7 heteroatoms. The Hall–Kier alpha value is -2.93. The molecule has 6 nitrogen and oxygen atoms in total. The predicted molar refractivity (Wildman–Crippen MR) is 105 cm³/mol. The fraction of sp³-hybridized carbons (Fsp3) is 0.333. The number of ether oxygens (including phenoxy) is 1. The van der Waals surface area contributed by atoms with Crippen LogP contribution < -0.4 is 10.1 Å². The molecule has 0 bridgehead atoms. The summed E-state index contributed by atoms with van der Waals surface area (Å²) in [5, 5.41) is 2.46. The number of likely N-dealkylation sites (N-methyl/N-ethyl adjacent to an activating group) is 1. The summed E-state index contributed by atoms with van der Waals surface area (Å²) in [6.45, 7) is 5.77. The summed E-state index contributed by atoms with van der Waals surface area (Å²) in [5.74, 6) is -0.781. The van der Waals surface area contributed by atoms with Gasteiger partial charge in [-0.15, -0.1) is 0 Å². The van der Waals surface area contributed by atoms with E-state index in [0.717, 1.165) is 19.6 Å². The zero-order valence-electron chi connectivity index (χ0n) is 15.9. The smallest absolute Gasteiger partial charge is 0.262 e. The van der Waals surface area contributed by atoms with Crippen molar-refractivity contribution in [3.05, 3.63) is 59.9 Å². The Bertz CT molecular complexity index is 835. The van der Waals surface area contributed by atoms with Crippen LogP contribution in [0.1, 0.15) is 17.3 Å². The lowest BCUT2D eigenvalue weighted by molar-refractivity contribution is -0.118. The van der Waals surface area contributed by atoms with Crippen LogP contribution in [0, 0.1) is 5.82 Å². The summed E-state index contributed by atoms with van der Waals surface area (Å²) in [5.41, 5.74) is 0.514. The molecular formula is C21H24FN3O3. The number of para-hydroxylation sites is 2. The van der Waals surface area contributed by atoms with Gasteiger partial charge in [-0.05, 0) is 30.8 Å². The van der Waals surface area contributed by atoms with E-state index in [-0.39, 0.29) is 18.2 Å². The average molecular weight is 385 g/mol. The van der Waals surface area contributed by atoms with Gasteiger partial charge in [0.05, 0.1) is 11.3 Å². The summed E-state index contributed by atoms with van der Waals surface area (Å²) in [7, 11) is 0. The van der Waals surface area contributed by atoms with E-state index in [2.05, 4.69) is 17.1 Å². The molecule has 0 aromatic heterocycles. The Balaban J connectivity index is 1.61. The normalized spacial score (nSPS) is 14.6. The second-order valence-electron chi connectivity index (χ2n) is 6.54. The molecular weight excluding hydrogens is 361 g/mol. The summed E-state index contributed by atoms with van der Waals surface area (Å²) in [6.07, 6.45) is 0. The minimum absolute atomic E-state index is 0.0919. The second-order valence-corrected chi connectivity index (χ2v) is 6.54. The van der Waals surface area contributed by atoms with Crippen molar-refractivity contribution < 1.29 is 18.7 Å². The van der Waals surface area contributed by atoms with Crippen LogP contribution >= 0.6 is 0 Å². The van der Waals surface area contributed by atoms with Gasteiger partial charge >= 0.3 is 0 Å². The lowest BCUT2D eigenvalue weighted by atomic mass is 10.1. The number of amides is 2. The Morgan fingerprint density at radius 1 is 1.04 bits per heavy atom. The van der Waals surface area contributed by atoms with Crippen LogP contribution in [0.15, 0.2) is 48.5 Å². The number of anilines is 1. The first-order valence-corrected chi connectivity index (χ1v) is 9.36. The summed E-state index contributed by atoms with van der Waals surface area (Å²) in [6, 6.07) is 12.8. The maximum atomic E-state index is 13.6. The van der Waals surface area contributed by atoms with E-state index in [4.69, 9.17) is 4.74 Å². The third-order valence-corrected chi connectivity index (χ3v) is 4.73. The van der Waals surface area contributed by atoms with Gasteiger partial charge in [0.1, 0.15) is 11.6 Å². The van der Waals surface area contributed by atoms with Crippen LogP contribution in [-0.2, 0) is 4.79 Å². The highest BCUT2D eigenvalue weighted by Crippen LogP contribution is 2.21. The number of nitrogens with zero attached hydrogens (tertiary/aromatic N) is 2. The topological polar surface area (TPSA) is 61.9 Å². The van der Waals surface area contributed by atoms with E-state index < -0.39 is 11.7 Å². The molecule has 0 saturated carbocycles. The molecule has 0 spiro atoms. The van der Waals surface area contributed by atoms with Crippen LogP contribution in [0.5, 0.6) is 5.75 Å². The van der Waals surface area contributed by atoms with Gasteiger partial charge in [0.2, 0.25) is 0 Å². The zero-order chi connectivity index (χ0) is 19.9. The third-order valence-electron chi connectivity index (χ3n) is 4.73. The fourth-order valence-electron chi connectivity index (χ4n) is 3.10. The maximum absolute atomic E-state index is 13.6. The predicted octanol–water partition coefficient (Wildman–Crippen LogP) is 2.62. The maximum Gasteiger partial charge on any atom is 0.262 e.